The second kappa shape index (κ2) is 10.1. The largest absolute Gasteiger partial charge is 0.482 e. The molecule has 5 rings (SSSR count). The second-order valence-corrected chi connectivity index (χ2v) is 7.67. The van der Waals surface area contributed by atoms with Gasteiger partial charge in [0.1, 0.15) is 23.1 Å². The third kappa shape index (κ3) is 4.80. The van der Waals surface area contributed by atoms with E-state index in [0.29, 0.717) is 17.9 Å². The van der Waals surface area contributed by atoms with Crippen LogP contribution >= 0.6 is 11.3 Å². The maximum atomic E-state index is 11.0. The average Bonchev–Trinajstić information content (AvgIpc) is 3.49. The Morgan fingerprint density at radius 1 is 0.970 bits per heavy atom. The summed E-state index contributed by atoms with van der Waals surface area (Å²) in [6.45, 7) is 0. The Labute approximate surface area is 194 Å². The third-order valence-electron chi connectivity index (χ3n) is 4.78. The minimum atomic E-state index is 0. The predicted molar refractivity (Wildman–Crippen MR) is 129 cm³/mol. The van der Waals surface area contributed by atoms with Crippen molar-refractivity contribution in [2.24, 2.45) is 0 Å². The number of rotatable bonds is 5. The summed E-state index contributed by atoms with van der Waals surface area (Å²) in [7, 11) is 0. The summed E-state index contributed by atoms with van der Waals surface area (Å²) < 4.78 is 12.4. The molecular weight excluding hydrogens is 439 g/mol. The fourth-order valence-electron chi connectivity index (χ4n) is 3.34. The monoisotopic (exact) mass is 457 g/mol. The molecule has 0 fully saturated rings. The van der Waals surface area contributed by atoms with Crippen LogP contribution in [0.25, 0.3) is 32.5 Å². The molecule has 2 aromatic carbocycles. The molecule has 0 aliphatic carbocycles. The van der Waals surface area contributed by atoms with Gasteiger partial charge in [-0.1, -0.05) is 30.3 Å². The van der Waals surface area contributed by atoms with Crippen molar-refractivity contribution in [3.63, 3.8) is 0 Å². The number of ether oxygens (including phenoxy) is 1. The van der Waals surface area contributed by atoms with Crippen molar-refractivity contribution in [3.8, 4) is 33.9 Å². The van der Waals surface area contributed by atoms with Gasteiger partial charge >= 0.3 is 7.69 Å². The van der Waals surface area contributed by atoms with Crippen molar-refractivity contribution < 1.29 is 24.0 Å². The molecule has 4 N–H and O–H groups in total. The van der Waals surface area contributed by atoms with Crippen molar-refractivity contribution in [1.82, 2.24) is 4.98 Å². The highest BCUT2D eigenvalue weighted by Gasteiger charge is 2.17. The molecule has 33 heavy (non-hydrogen) atoms. The normalized spacial score (nSPS) is 10.4. The summed E-state index contributed by atoms with van der Waals surface area (Å²) in [5.74, 6) is 2.87. The summed E-state index contributed by atoms with van der Waals surface area (Å²) in [6.07, 6.45) is 2.37. The molecule has 0 bridgehead atoms. The SMILES string of the molecule is Nc1ncc(-c2ccc(C=O)o2)c2scc(-c3ccc(Oc4ccccc4)cc3)c12.O[B]O. The number of anilines is 1. The van der Waals surface area contributed by atoms with E-state index in [0.717, 1.165) is 38.3 Å². The van der Waals surface area contributed by atoms with Crippen LogP contribution in [0.3, 0.4) is 0 Å². The number of nitrogens with zero attached hydrogens (tertiary/aromatic N) is 1. The molecule has 9 heteroatoms. The van der Waals surface area contributed by atoms with E-state index >= 15 is 0 Å². The Morgan fingerprint density at radius 2 is 1.67 bits per heavy atom. The van der Waals surface area contributed by atoms with E-state index in [-0.39, 0.29) is 13.4 Å². The highest BCUT2D eigenvalue weighted by atomic mass is 32.1. The van der Waals surface area contributed by atoms with Crippen LogP contribution < -0.4 is 10.5 Å². The lowest BCUT2D eigenvalue weighted by Crippen LogP contribution is -1.92. The predicted octanol–water partition coefficient (Wildman–Crippen LogP) is 4.92. The smallest absolute Gasteiger partial charge is 0.457 e. The first-order chi connectivity index (χ1) is 16.1. The Hall–Kier alpha value is -3.92. The molecular formula is C24H18BN2O5S. The number of furan rings is 1. The number of carbonyl (C=O) groups excluding carboxylic acids is 1. The number of nitrogens with two attached hydrogens (primary N) is 1. The lowest BCUT2D eigenvalue weighted by molar-refractivity contribution is 0.110. The fraction of sp³-hybridized carbons (Fsp3) is 0. The zero-order valence-corrected chi connectivity index (χ0v) is 18.0. The maximum Gasteiger partial charge on any atom is 0.482 e. The van der Waals surface area contributed by atoms with Gasteiger partial charge in [0, 0.05) is 17.1 Å². The number of thiophene rings is 1. The molecule has 3 heterocycles. The van der Waals surface area contributed by atoms with Gasteiger partial charge in [0.05, 0.1) is 10.3 Å². The number of hydrogen-bond acceptors (Lipinski definition) is 8. The van der Waals surface area contributed by atoms with Crippen LogP contribution in [0.15, 0.2) is 82.7 Å². The zero-order valence-electron chi connectivity index (χ0n) is 17.2. The van der Waals surface area contributed by atoms with Crippen molar-refractivity contribution in [2.45, 2.75) is 0 Å². The molecule has 3 aromatic heterocycles. The van der Waals surface area contributed by atoms with E-state index in [4.69, 9.17) is 24.9 Å². The van der Waals surface area contributed by atoms with E-state index in [1.54, 1.807) is 29.7 Å². The molecule has 0 saturated carbocycles. The quantitative estimate of drug-likeness (QED) is 0.253. The maximum absolute atomic E-state index is 11.0. The molecule has 163 valence electrons. The van der Waals surface area contributed by atoms with E-state index in [2.05, 4.69) is 10.4 Å². The van der Waals surface area contributed by atoms with Crippen molar-refractivity contribution in [2.75, 3.05) is 5.73 Å². The highest BCUT2D eigenvalue weighted by Crippen LogP contribution is 2.42. The molecule has 5 aromatic rings. The summed E-state index contributed by atoms with van der Waals surface area (Å²) in [5, 5.41) is 16.9. The van der Waals surface area contributed by atoms with E-state index < -0.39 is 0 Å². The molecule has 0 aliphatic heterocycles. The summed E-state index contributed by atoms with van der Waals surface area (Å²) in [5.41, 5.74) is 9.06. The Kier molecular flexibility index (Phi) is 6.84. The van der Waals surface area contributed by atoms with Crippen LogP contribution in [0.5, 0.6) is 11.5 Å². The number of para-hydroxylation sites is 1. The van der Waals surface area contributed by atoms with Gasteiger partial charge in [-0.2, -0.15) is 0 Å². The summed E-state index contributed by atoms with van der Waals surface area (Å²) in [4.78, 5) is 15.3. The van der Waals surface area contributed by atoms with Crippen LogP contribution in [0.2, 0.25) is 0 Å². The van der Waals surface area contributed by atoms with Crippen LogP contribution in [0.1, 0.15) is 10.6 Å². The Bertz CT molecular complexity index is 1370. The van der Waals surface area contributed by atoms with Crippen molar-refractivity contribution in [1.29, 1.82) is 0 Å². The first kappa shape index (κ1) is 22.3. The minimum Gasteiger partial charge on any atom is -0.457 e. The average molecular weight is 457 g/mol. The lowest BCUT2D eigenvalue weighted by atomic mass is 10.0. The zero-order chi connectivity index (χ0) is 23.2. The Balaban J connectivity index is 0.000000821. The molecule has 0 spiro atoms. The van der Waals surface area contributed by atoms with Crippen LogP contribution in [0, 0.1) is 0 Å². The number of pyridine rings is 1. The van der Waals surface area contributed by atoms with Crippen LogP contribution in [0.4, 0.5) is 5.82 Å². The standard InChI is InChI=1S/C24H16N2O3S.BH2O2/c25-24-22-20(15-6-8-17(9-7-15)28-16-4-2-1-3-5-16)14-30-23(22)19(12-26-24)21-11-10-18(13-27)29-21;2-1-3/h1-14H,(H2,25,26);2-3H. The molecule has 7 nitrogen and oxygen atoms in total. The number of aldehydes is 1. The second-order valence-electron chi connectivity index (χ2n) is 6.79. The fourth-order valence-corrected chi connectivity index (χ4v) is 4.45. The summed E-state index contributed by atoms with van der Waals surface area (Å²) >= 11 is 1.57. The number of hydrogen-bond donors (Lipinski definition) is 3. The summed E-state index contributed by atoms with van der Waals surface area (Å²) in [6, 6.07) is 20.9. The number of carbonyl (C=O) groups is 1. The van der Waals surface area contributed by atoms with E-state index in [1.165, 1.54) is 0 Å². The highest BCUT2D eigenvalue weighted by molar-refractivity contribution is 7.18. The molecule has 0 aliphatic rings. The van der Waals surface area contributed by atoms with Crippen molar-refractivity contribution >= 4 is 41.2 Å². The third-order valence-corrected chi connectivity index (χ3v) is 5.79. The minimum absolute atomic E-state index is 0. The first-order valence-electron chi connectivity index (χ1n) is 9.79. The number of nitrogen functional groups attached to an aromatic ring is 1. The number of fused-ring (bicyclic) bond motifs is 1. The molecule has 0 unspecified atom stereocenters. The first-order valence-corrected chi connectivity index (χ1v) is 10.7. The van der Waals surface area contributed by atoms with Gasteiger partial charge in [0.25, 0.3) is 0 Å². The molecule has 1 radical (unpaired) electrons. The van der Waals surface area contributed by atoms with Gasteiger partial charge in [-0.3, -0.25) is 4.79 Å². The number of aromatic nitrogens is 1. The van der Waals surface area contributed by atoms with Gasteiger partial charge < -0.3 is 24.9 Å². The molecule has 0 amide bonds. The van der Waals surface area contributed by atoms with Gasteiger partial charge in [-0.15, -0.1) is 11.3 Å². The number of benzene rings is 2. The van der Waals surface area contributed by atoms with Gasteiger partial charge in [-0.05, 0) is 47.3 Å². The topological polar surface area (TPSA) is 119 Å². The van der Waals surface area contributed by atoms with E-state index in [1.807, 2.05) is 54.6 Å². The Morgan fingerprint density at radius 3 is 2.33 bits per heavy atom. The lowest BCUT2D eigenvalue weighted by Gasteiger charge is -2.07. The van der Waals surface area contributed by atoms with Gasteiger partial charge in [-0.25, -0.2) is 4.98 Å². The molecule has 0 saturated heterocycles. The van der Waals surface area contributed by atoms with E-state index in [9.17, 15) is 4.79 Å². The van der Waals surface area contributed by atoms with Gasteiger partial charge in [0.15, 0.2) is 12.0 Å². The van der Waals surface area contributed by atoms with Crippen LogP contribution in [-0.2, 0) is 0 Å². The van der Waals surface area contributed by atoms with Crippen LogP contribution in [-0.4, -0.2) is 29.0 Å². The molecule has 0 atom stereocenters. The van der Waals surface area contributed by atoms with Gasteiger partial charge in [0.2, 0.25) is 0 Å². The van der Waals surface area contributed by atoms with Crippen molar-refractivity contribution in [3.05, 3.63) is 84.1 Å².